The van der Waals surface area contributed by atoms with Crippen LogP contribution in [0.4, 0.5) is 0 Å². The van der Waals surface area contributed by atoms with E-state index in [9.17, 15) is 9.90 Å². The predicted molar refractivity (Wildman–Crippen MR) is 58.1 cm³/mol. The van der Waals surface area contributed by atoms with Gasteiger partial charge in [0.15, 0.2) is 18.1 Å². The van der Waals surface area contributed by atoms with E-state index >= 15 is 0 Å². The summed E-state index contributed by atoms with van der Waals surface area (Å²) >= 11 is 5.84. The van der Waals surface area contributed by atoms with E-state index in [4.69, 9.17) is 26.3 Å². The molecule has 1 aromatic carbocycles. The molecule has 6 heteroatoms. The Hall–Kier alpha value is -1.93. The van der Waals surface area contributed by atoms with Crippen LogP contribution in [0.25, 0.3) is 0 Å². The largest absolute Gasteiger partial charge is 0.545 e. The highest BCUT2D eigenvalue weighted by atomic mass is 35.5. The number of benzene rings is 1. The van der Waals surface area contributed by atoms with Crippen LogP contribution in [-0.4, -0.2) is 19.2 Å². The summed E-state index contributed by atoms with van der Waals surface area (Å²) in [7, 11) is 0. The summed E-state index contributed by atoms with van der Waals surface area (Å²) in [6, 6.07) is 4.22. The molecule has 0 aliphatic carbocycles. The Kier molecular flexibility index (Phi) is 4.61. The lowest BCUT2D eigenvalue weighted by Crippen LogP contribution is -2.22. The second-order valence-corrected chi connectivity index (χ2v) is 3.36. The van der Waals surface area contributed by atoms with E-state index in [1.807, 2.05) is 0 Å². The number of carboxylic acid groups (broad SMARTS) is 1. The van der Waals surface area contributed by atoms with Crippen molar-refractivity contribution in [2.75, 3.05) is 13.2 Å². The first kappa shape index (κ1) is 13.1. The molecule has 1 rings (SSSR count). The zero-order valence-electron chi connectivity index (χ0n) is 9.03. The molecule has 0 fully saturated rings. The number of carboxylic acids is 1. The number of ether oxygens (including phenoxy) is 2. The third kappa shape index (κ3) is 3.26. The molecule has 0 saturated heterocycles. The minimum atomic E-state index is -1.36. The molecule has 0 radical (unpaired) electrons. The van der Waals surface area contributed by atoms with E-state index in [1.165, 1.54) is 12.1 Å². The smallest absolute Gasteiger partial charge is 0.181 e. The lowest BCUT2D eigenvalue weighted by atomic mass is 10.2. The van der Waals surface area contributed by atoms with Crippen LogP contribution < -0.4 is 14.6 Å². The number of hydrogen-bond donors (Lipinski definition) is 0. The summed E-state index contributed by atoms with van der Waals surface area (Å²) < 4.78 is 10.3. The van der Waals surface area contributed by atoms with Crippen LogP contribution >= 0.6 is 11.6 Å². The van der Waals surface area contributed by atoms with Crippen LogP contribution in [-0.2, 0) is 0 Å². The van der Waals surface area contributed by atoms with Crippen molar-refractivity contribution in [1.29, 1.82) is 5.26 Å². The SMILES string of the molecule is CCOc1cc(C(=O)[O-])cc(Cl)c1OCC#N. The molecule has 0 aliphatic heterocycles. The highest BCUT2D eigenvalue weighted by Crippen LogP contribution is 2.36. The van der Waals surface area contributed by atoms with Crippen LogP contribution in [0.5, 0.6) is 11.5 Å². The number of halogens is 1. The topological polar surface area (TPSA) is 82.4 Å². The number of nitrogens with zero attached hydrogens (tertiary/aromatic N) is 1. The van der Waals surface area contributed by atoms with Crippen molar-refractivity contribution >= 4 is 17.6 Å². The lowest BCUT2D eigenvalue weighted by Gasteiger charge is -2.14. The lowest BCUT2D eigenvalue weighted by molar-refractivity contribution is -0.255. The van der Waals surface area contributed by atoms with Gasteiger partial charge in [-0.2, -0.15) is 5.26 Å². The Bertz CT molecular complexity index is 467. The van der Waals surface area contributed by atoms with Gasteiger partial charge in [0.05, 0.1) is 17.6 Å². The molecule has 5 nitrogen and oxygen atoms in total. The third-order valence-electron chi connectivity index (χ3n) is 1.83. The minimum absolute atomic E-state index is 0.0606. The predicted octanol–water partition coefficient (Wildman–Crippen LogP) is 1.00. The fourth-order valence-corrected chi connectivity index (χ4v) is 1.46. The summed E-state index contributed by atoms with van der Waals surface area (Å²) in [5.74, 6) is -1.03. The zero-order valence-corrected chi connectivity index (χ0v) is 9.78. The zero-order chi connectivity index (χ0) is 12.8. The highest BCUT2D eigenvalue weighted by Gasteiger charge is 2.12. The highest BCUT2D eigenvalue weighted by molar-refractivity contribution is 6.32. The molecular weight excluding hydrogens is 246 g/mol. The fourth-order valence-electron chi connectivity index (χ4n) is 1.19. The Morgan fingerprint density at radius 1 is 1.53 bits per heavy atom. The molecule has 0 amide bonds. The fraction of sp³-hybridized carbons (Fsp3) is 0.273. The third-order valence-corrected chi connectivity index (χ3v) is 2.11. The second-order valence-electron chi connectivity index (χ2n) is 2.95. The molecule has 1 aromatic rings. The van der Waals surface area contributed by atoms with Gasteiger partial charge in [-0.3, -0.25) is 0 Å². The summed E-state index contributed by atoms with van der Waals surface area (Å²) in [5, 5.41) is 19.2. The van der Waals surface area contributed by atoms with Crippen LogP contribution in [0.2, 0.25) is 5.02 Å². The van der Waals surface area contributed by atoms with Crippen LogP contribution in [0.15, 0.2) is 12.1 Å². The van der Waals surface area contributed by atoms with Crippen molar-refractivity contribution < 1.29 is 19.4 Å². The first-order valence-electron chi connectivity index (χ1n) is 4.77. The Morgan fingerprint density at radius 2 is 2.24 bits per heavy atom. The quantitative estimate of drug-likeness (QED) is 0.783. The molecule has 0 N–H and O–H groups in total. The van der Waals surface area contributed by atoms with Crippen molar-refractivity contribution in [3.05, 3.63) is 22.7 Å². The van der Waals surface area contributed by atoms with Crippen LogP contribution in [0, 0.1) is 11.3 Å². The summed E-state index contributed by atoms with van der Waals surface area (Å²) in [6.07, 6.45) is 0. The van der Waals surface area contributed by atoms with Crippen molar-refractivity contribution in [3.8, 4) is 17.6 Å². The molecule has 0 heterocycles. The van der Waals surface area contributed by atoms with Gasteiger partial charge in [0.2, 0.25) is 0 Å². The van der Waals surface area contributed by atoms with Gasteiger partial charge in [-0.05, 0) is 19.1 Å². The van der Waals surface area contributed by atoms with Gasteiger partial charge < -0.3 is 19.4 Å². The minimum Gasteiger partial charge on any atom is -0.545 e. The summed E-state index contributed by atoms with van der Waals surface area (Å²) in [6.45, 7) is 1.84. The summed E-state index contributed by atoms with van der Waals surface area (Å²) in [5.41, 5.74) is -0.109. The number of aromatic carboxylic acids is 1. The Labute approximate surface area is 103 Å². The maximum Gasteiger partial charge on any atom is 0.181 e. The molecule has 0 aromatic heterocycles. The standard InChI is InChI=1S/C11H10ClNO4/c1-2-16-9-6-7(11(14)15)5-8(12)10(9)17-4-3-13/h5-6H,2,4H2,1H3,(H,14,15)/p-1. The molecule has 0 saturated carbocycles. The number of carbonyl (C=O) groups excluding carboxylic acids is 1. The molecular formula is C11H9ClNO4-. The second kappa shape index (κ2) is 5.97. The van der Waals surface area contributed by atoms with E-state index < -0.39 is 5.97 Å². The van der Waals surface area contributed by atoms with Crippen LogP contribution in [0.1, 0.15) is 17.3 Å². The first-order chi connectivity index (χ1) is 8.10. The molecule has 0 aliphatic rings. The van der Waals surface area contributed by atoms with Crippen LogP contribution in [0.3, 0.4) is 0 Å². The van der Waals surface area contributed by atoms with E-state index in [-0.39, 0.29) is 28.7 Å². The van der Waals surface area contributed by atoms with Gasteiger partial charge >= 0.3 is 0 Å². The summed E-state index contributed by atoms with van der Waals surface area (Å²) in [4.78, 5) is 10.7. The number of hydrogen-bond acceptors (Lipinski definition) is 5. The molecule has 0 atom stereocenters. The van der Waals surface area contributed by atoms with Crippen molar-refractivity contribution in [2.45, 2.75) is 6.92 Å². The molecule has 0 unspecified atom stereocenters. The molecule has 0 spiro atoms. The average molecular weight is 255 g/mol. The monoisotopic (exact) mass is 254 g/mol. The molecule has 17 heavy (non-hydrogen) atoms. The van der Waals surface area contributed by atoms with E-state index in [2.05, 4.69) is 0 Å². The molecule has 0 bridgehead atoms. The average Bonchev–Trinajstić information content (AvgIpc) is 2.28. The first-order valence-corrected chi connectivity index (χ1v) is 5.15. The maximum atomic E-state index is 10.7. The Morgan fingerprint density at radius 3 is 2.76 bits per heavy atom. The van der Waals surface area contributed by atoms with E-state index in [0.29, 0.717) is 6.61 Å². The normalized spacial score (nSPS) is 9.47. The number of nitriles is 1. The van der Waals surface area contributed by atoms with Crippen molar-refractivity contribution in [2.24, 2.45) is 0 Å². The van der Waals surface area contributed by atoms with E-state index in [1.54, 1.807) is 13.0 Å². The number of rotatable bonds is 5. The van der Waals surface area contributed by atoms with Gasteiger partial charge in [-0.1, -0.05) is 11.6 Å². The van der Waals surface area contributed by atoms with Gasteiger partial charge in [0.25, 0.3) is 0 Å². The maximum absolute atomic E-state index is 10.7. The van der Waals surface area contributed by atoms with Crippen molar-refractivity contribution in [1.82, 2.24) is 0 Å². The molecule has 90 valence electrons. The van der Waals surface area contributed by atoms with Gasteiger partial charge in [-0.15, -0.1) is 0 Å². The number of carbonyl (C=O) groups is 1. The van der Waals surface area contributed by atoms with E-state index in [0.717, 1.165) is 0 Å². The van der Waals surface area contributed by atoms with Gasteiger partial charge in [0, 0.05) is 5.56 Å². The van der Waals surface area contributed by atoms with Gasteiger partial charge in [0.1, 0.15) is 6.07 Å². The van der Waals surface area contributed by atoms with Crippen molar-refractivity contribution in [3.63, 3.8) is 0 Å². The Balaban J connectivity index is 3.18. The van der Waals surface area contributed by atoms with Gasteiger partial charge in [-0.25, -0.2) is 0 Å².